The smallest absolute Gasteiger partial charge is 0.224 e. The number of aromatic nitrogens is 2. The molecule has 0 unspecified atom stereocenters. The summed E-state index contributed by atoms with van der Waals surface area (Å²) in [6.07, 6.45) is 1.35. The number of hydrogen-bond donors (Lipinski definition) is 1. The maximum absolute atomic E-state index is 12.2. The van der Waals surface area contributed by atoms with Crippen LogP contribution in [0.3, 0.4) is 0 Å². The van der Waals surface area contributed by atoms with Gasteiger partial charge in [0.1, 0.15) is 5.82 Å². The average molecular weight is 288 g/mol. The predicted molar refractivity (Wildman–Crippen MR) is 86.1 cm³/mol. The standard InChI is InChI=1S/C16H24N4O/c1-4-15-18-13-11-12(17)7-8-14(13)20(15)10-9-16(21)19(5-2)6-3/h7-8,11H,4-6,9-10,17H2,1-3H3. The number of imidazole rings is 1. The van der Waals surface area contributed by atoms with Crippen LogP contribution in [0.25, 0.3) is 11.0 Å². The molecular formula is C16H24N4O. The summed E-state index contributed by atoms with van der Waals surface area (Å²) in [7, 11) is 0. The van der Waals surface area contributed by atoms with Gasteiger partial charge >= 0.3 is 0 Å². The normalized spacial score (nSPS) is 11.0. The van der Waals surface area contributed by atoms with Gasteiger partial charge in [0.2, 0.25) is 5.91 Å². The molecule has 2 N–H and O–H groups in total. The topological polar surface area (TPSA) is 64.1 Å². The Morgan fingerprint density at radius 3 is 2.62 bits per heavy atom. The van der Waals surface area contributed by atoms with E-state index in [0.717, 1.165) is 36.4 Å². The zero-order valence-corrected chi connectivity index (χ0v) is 13.1. The maximum Gasteiger partial charge on any atom is 0.224 e. The lowest BCUT2D eigenvalue weighted by molar-refractivity contribution is -0.131. The molecule has 2 aromatic rings. The average Bonchev–Trinajstić information content (AvgIpc) is 2.83. The largest absolute Gasteiger partial charge is 0.399 e. The first-order chi connectivity index (χ1) is 10.1. The zero-order chi connectivity index (χ0) is 15.4. The van der Waals surface area contributed by atoms with E-state index >= 15 is 0 Å². The molecule has 1 aromatic carbocycles. The summed E-state index contributed by atoms with van der Waals surface area (Å²) in [4.78, 5) is 18.6. The molecule has 0 aliphatic heterocycles. The van der Waals surface area contributed by atoms with Gasteiger partial charge in [0.25, 0.3) is 0 Å². The van der Waals surface area contributed by atoms with Gasteiger partial charge in [-0.3, -0.25) is 4.79 Å². The first kappa shape index (κ1) is 15.4. The molecule has 0 saturated heterocycles. The number of benzene rings is 1. The number of carbonyl (C=O) groups is 1. The Hall–Kier alpha value is -2.04. The fourth-order valence-corrected chi connectivity index (χ4v) is 2.66. The molecule has 5 heteroatoms. The third kappa shape index (κ3) is 3.17. The fraction of sp³-hybridized carbons (Fsp3) is 0.500. The van der Waals surface area contributed by atoms with Gasteiger partial charge in [-0.05, 0) is 32.0 Å². The molecule has 0 radical (unpaired) electrons. The van der Waals surface area contributed by atoms with E-state index in [9.17, 15) is 4.79 Å². The van der Waals surface area contributed by atoms with Crippen molar-refractivity contribution < 1.29 is 4.79 Å². The van der Waals surface area contributed by atoms with E-state index < -0.39 is 0 Å². The Balaban J connectivity index is 2.23. The highest BCUT2D eigenvalue weighted by Gasteiger charge is 2.13. The molecule has 1 aromatic heterocycles. The third-order valence-corrected chi connectivity index (χ3v) is 3.83. The summed E-state index contributed by atoms with van der Waals surface area (Å²) in [5.74, 6) is 1.20. The van der Waals surface area contributed by atoms with Gasteiger partial charge in [-0.25, -0.2) is 4.98 Å². The summed E-state index contributed by atoms with van der Waals surface area (Å²) < 4.78 is 2.14. The molecule has 21 heavy (non-hydrogen) atoms. The van der Waals surface area contributed by atoms with E-state index in [1.165, 1.54) is 0 Å². The van der Waals surface area contributed by atoms with Crippen LogP contribution in [0.15, 0.2) is 18.2 Å². The number of carbonyl (C=O) groups excluding carboxylic acids is 1. The predicted octanol–water partition coefficient (Wildman–Crippen LogP) is 2.44. The van der Waals surface area contributed by atoms with Crippen LogP contribution in [0.1, 0.15) is 33.0 Å². The van der Waals surface area contributed by atoms with Gasteiger partial charge in [0.05, 0.1) is 11.0 Å². The number of amides is 1. The van der Waals surface area contributed by atoms with Gasteiger partial charge in [0, 0.05) is 38.2 Å². The monoisotopic (exact) mass is 288 g/mol. The first-order valence-electron chi connectivity index (χ1n) is 7.63. The molecule has 114 valence electrons. The van der Waals surface area contributed by atoms with Crippen LogP contribution in [0, 0.1) is 0 Å². The molecule has 0 saturated carbocycles. The second-order valence-electron chi connectivity index (χ2n) is 5.10. The SMILES string of the molecule is CCc1nc2cc(N)ccc2n1CCC(=O)N(CC)CC. The van der Waals surface area contributed by atoms with Gasteiger partial charge < -0.3 is 15.2 Å². The highest BCUT2D eigenvalue weighted by atomic mass is 16.2. The van der Waals surface area contributed by atoms with Crippen LogP contribution < -0.4 is 5.73 Å². The lowest BCUT2D eigenvalue weighted by Crippen LogP contribution is -2.31. The Labute approximate surface area is 125 Å². The number of nitrogen functional groups attached to an aromatic ring is 1. The minimum Gasteiger partial charge on any atom is -0.399 e. The van der Waals surface area contributed by atoms with Crippen LogP contribution in [-0.4, -0.2) is 33.4 Å². The van der Waals surface area contributed by atoms with E-state index in [2.05, 4.69) is 16.5 Å². The molecule has 0 aliphatic rings. The quantitative estimate of drug-likeness (QED) is 0.830. The molecule has 0 fully saturated rings. The van der Waals surface area contributed by atoms with Crippen LogP contribution >= 0.6 is 0 Å². The maximum atomic E-state index is 12.2. The van der Waals surface area contributed by atoms with Crippen LogP contribution in [0.4, 0.5) is 5.69 Å². The van der Waals surface area contributed by atoms with E-state index in [-0.39, 0.29) is 5.91 Å². The molecule has 5 nitrogen and oxygen atoms in total. The number of anilines is 1. The van der Waals surface area contributed by atoms with Crippen molar-refractivity contribution in [3.05, 3.63) is 24.0 Å². The van der Waals surface area contributed by atoms with Gasteiger partial charge in [0.15, 0.2) is 0 Å². The Morgan fingerprint density at radius 1 is 1.29 bits per heavy atom. The number of hydrogen-bond acceptors (Lipinski definition) is 3. The van der Waals surface area contributed by atoms with Crippen molar-refractivity contribution in [1.82, 2.24) is 14.5 Å². The number of nitrogens with zero attached hydrogens (tertiary/aromatic N) is 3. The van der Waals surface area contributed by atoms with Crippen molar-refractivity contribution in [2.45, 2.75) is 40.2 Å². The van der Waals surface area contributed by atoms with E-state index in [1.54, 1.807) is 0 Å². The number of fused-ring (bicyclic) bond motifs is 1. The summed E-state index contributed by atoms with van der Waals surface area (Å²) in [5.41, 5.74) is 8.48. The van der Waals surface area contributed by atoms with E-state index in [0.29, 0.717) is 18.7 Å². The van der Waals surface area contributed by atoms with Crippen molar-refractivity contribution >= 4 is 22.6 Å². The van der Waals surface area contributed by atoms with Crippen molar-refractivity contribution in [3.63, 3.8) is 0 Å². The summed E-state index contributed by atoms with van der Waals surface area (Å²) in [6, 6.07) is 5.75. The number of rotatable bonds is 6. The second kappa shape index (κ2) is 6.61. The zero-order valence-electron chi connectivity index (χ0n) is 13.1. The summed E-state index contributed by atoms with van der Waals surface area (Å²) in [6.45, 7) is 8.28. The molecule has 0 atom stereocenters. The van der Waals surface area contributed by atoms with Crippen LogP contribution in [-0.2, 0) is 17.8 Å². The highest BCUT2D eigenvalue weighted by Crippen LogP contribution is 2.20. The van der Waals surface area contributed by atoms with Crippen LogP contribution in [0.5, 0.6) is 0 Å². The van der Waals surface area contributed by atoms with Gasteiger partial charge in [-0.15, -0.1) is 0 Å². The van der Waals surface area contributed by atoms with Crippen LogP contribution in [0.2, 0.25) is 0 Å². The van der Waals surface area contributed by atoms with Crippen molar-refractivity contribution in [3.8, 4) is 0 Å². The molecular weight excluding hydrogens is 264 g/mol. The van der Waals surface area contributed by atoms with Crippen molar-refractivity contribution in [1.29, 1.82) is 0 Å². The summed E-state index contributed by atoms with van der Waals surface area (Å²) >= 11 is 0. The molecule has 1 amide bonds. The highest BCUT2D eigenvalue weighted by molar-refractivity contribution is 5.80. The van der Waals surface area contributed by atoms with Gasteiger partial charge in [-0.2, -0.15) is 0 Å². The third-order valence-electron chi connectivity index (χ3n) is 3.83. The molecule has 0 bridgehead atoms. The molecule has 0 spiro atoms. The Bertz CT molecular complexity index is 628. The second-order valence-corrected chi connectivity index (χ2v) is 5.10. The van der Waals surface area contributed by atoms with E-state index in [1.807, 2.05) is 36.9 Å². The minimum absolute atomic E-state index is 0.194. The van der Waals surface area contributed by atoms with Gasteiger partial charge in [-0.1, -0.05) is 6.92 Å². The fourth-order valence-electron chi connectivity index (χ4n) is 2.66. The Morgan fingerprint density at radius 2 is 2.00 bits per heavy atom. The summed E-state index contributed by atoms with van der Waals surface area (Å²) in [5, 5.41) is 0. The molecule has 1 heterocycles. The number of nitrogens with two attached hydrogens (primary N) is 1. The lowest BCUT2D eigenvalue weighted by Gasteiger charge is -2.19. The lowest BCUT2D eigenvalue weighted by atomic mass is 10.2. The molecule has 2 rings (SSSR count). The molecule has 0 aliphatic carbocycles. The van der Waals surface area contributed by atoms with Crippen molar-refractivity contribution in [2.75, 3.05) is 18.8 Å². The van der Waals surface area contributed by atoms with E-state index in [4.69, 9.17) is 5.73 Å². The first-order valence-corrected chi connectivity index (χ1v) is 7.63. The minimum atomic E-state index is 0.194. The Kier molecular flexibility index (Phi) is 4.83. The number of aryl methyl sites for hydroxylation is 2. The van der Waals surface area contributed by atoms with Crippen molar-refractivity contribution in [2.24, 2.45) is 0 Å².